The molecule has 5 nitrogen and oxygen atoms in total. The first kappa shape index (κ1) is 17.9. The van der Waals surface area contributed by atoms with Gasteiger partial charge in [-0.2, -0.15) is 0 Å². The third kappa shape index (κ3) is 7.55. The maximum Gasteiger partial charge on any atom is 0.0900 e. The van der Waals surface area contributed by atoms with Gasteiger partial charge in [0.2, 0.25) is 0 Å². The van der Waals surface area contributed by atoms with Crippen LogP contribution in [-0.2, 0) is 9.47 Å². The fourth-order valence-electron chi connectivity index (χ4n) is 2.73. The van der Waals surface area contributed by atoms with Gasteiger partial charge in [0.1, 0.15) is 0 Å². The Kier molecular flexibility index (Phi) is 8.64. The number of likely N-dealkylation sites (tertiary alicyclic amines) is 1. The third-order valence-corrected chi connectivity index (χ3v) is 3.90. The van der Waals surface area contributed by atoms with E-state index in [0.717, 1.165) is 12.5 Å². The Morgan fingerprint density at radius 3 is 2.55 bits per heavy atom. The van der Waals surface area contributed by atoms with Crippen molar-refractivity contribution in [3.05, 3.63) is 0 Å². The van der Waals surface area contributed by atoms with Crippen LogP contribution < -0.4 is 0 Å². The fraction of sp³-hybridized carbons (Fsp3) is 1.00. The zero-order valence-electron chi connectivity index (χ0n) is 13.5. The Labute approximate surface area is 123 Å². The van der Waals surface area contributed by atoms with Crippen molar-refractivity contribution in [3.63, 3.8) is 0 Å². The Bertz CT molecular complexity index is 245. The topological polar surface area (TPSA) is 45.2 Å². The Morgan fingerprint density at radius 2 is 1.95 bits per heavy atom. The molecule has 20 heavy (non-hydrogen) atoms. The van der Waals surface area contributed by atoms with Crippen LogP contribution in [0.3, 0.4) is 0 Å². The number of methoxy groups -OCH3 is 1. The van der Waals surface area contributed by atoms with E-state index in [1.54, 1.807) is 7.11 Å². The summed E-state index contributed by atoms with van der Waals surface area (Å²) in [5.41, 5.74) is 0. The zero-order chi connectivity index (χ0) is 15.0. The minimum atomic E-state index is -0.425. The molecule has 1 fully saturated rings. The molecule has 1 saturated heterocycles. The molecule has 0 spiro atoms. The maximum atomic E-state index is 9.99. The summed E-state index contributed by atoms with van der Waals surface area (Å²) in [5, 5.41) is 9.99. The average molecular weight is 288 g/mol. The minimum absolute atomic E-state index is 0.0360. The SMILES string of the molecule is COCC(C)OCC(O)CN(C)CC1CCN(C)CC1. The van der Waals surface area contributed by atoms with Crippen LogP contribution >= 0.6 is 0 Å². The van der Waals surface area contributed by atoms with Gasteiger partial charge in [-0.1, -0.05) is 0 Å². The molecule has 0 amide bonds. The molecule has 1 heterocycles. The van der Waals surface area contributed by atoms with E-state index in [4.69, 9.17) is 9.47 Å². The van der Waals surface area contributed by atoms with Gasteiger partial charge in [-0.3, -0.25) is 0 Å². The lowest BCUT2D eigenvalue weighted by Gasteiger charge is -2.32. The van der Waals surface area contributed by atoms with Crippen LogP contribution in [-0.4, -0.2) is 87.7 Å². The summed E-state index contributed by atoms with van der Waals surface area (Å²) in [6.45, 7) is 7.03. The van der Waals surface area contributed by atoms with E-state index in [2.05, 4.69) is 23.9 Å². The quantitative estimate of drug-likeness (QED) is 0.676. The van der Waals surface area contributed by atoms with E-state index in [1.807, 2.05) is 6.92 Å². The van der Waals surface area contributed by atoms with E-state index in [0.29, 0.717) is 19.8 Å². The monoisotopic (exact) mass is 288 g/mol. The molecule has 120 valence electrons. The first-order valence-electron chi connectivity index (χ1n) is 7.67. The number of ether oxygens (including phenoxy) is 2. The molecule has 2 unspecified atom stereocenters. The molecular formula is C15H32N2O3. The number of rotatable bonds is 9. The van der Waals surface area contributed by atoms with Gasteiger partial charge >= 0.3 is 0 Å². The molecule has 0 radical (unpaired) electrons. The number of aliphatic hydroxyl groups excluding tert-OH is 1. The Balaban J connectivity index is 2.12. The van der Waals surface area contributed by atoms with E-state index >= 15 is 0 Å². The van der Waals surface area contributed by atoms with E-state index < -0.39 is 6.10 Å². The first-order chi connectivity index (χ1) is 9.51. The van der Waals surface area contributed by atoms with Crippen molar-refractivity contribution >= 4 is 0 Å². The van der Waals surface area contributed by atoms with Crippen molar-refractivity contribution in [1.29, 1.82) is 0 Å². The Morgan fingerprint density at radius 1 is 1.30 bits per heavy atom. The smallest absolute Gasteiger partial charge is 0.0900 e. The second-order valence-corrected chi connectivity index (χ2v) is 6.22. The highest BCUT2D eigenvalue weighted by Gasteiger charge is 2.19. The van der Waals surface area contributed by atoms with Crippen molar-refractivity contribution in [3.8, 4) is 0 Å². The second-order valence-electron chi connectivity index (χ2n) is 6.22. The molecule has 1 aliphatic rings. The first-order valence-corrected chi connectivity index (χ1v) is 7.67. The van der Waals surface area contributed by atoms with Crippen LogP contribution in [0.25, 0.3) is 0 Å². The van der Waals surface area contributed by atoms with Crippen LogP contribution in [0.2, 0.25) is 0 Å². The molecule has 0 aliphatic carbocycles. The molecule has 0 aromatic carbocycles. The zero-order valence-corrected chi connectivity index (χ0v) is 13.5. The highest BCUT2D eigenvalue weighted by atomic mass is 16.5. The maximum absolute atomic E-state index is 9.99. The van der Waals surface area contributed by atoms with Crippen LogP contribution in [0.4, 0.5) is 0 Å². The predicted octanol–water partition coefficient (Wildman–Crippen LogP) is 0.672. The molecular weight excluding hydrogens is 256 g/mol. The normalized spacial score (nSPS) is 21.3. The van der Waals surface area contributed by atoms with Gasteiger partial charge in [-0.25, -0.2) is 0 Å². The number of hydrogen-bond acceptors (Lipinski definition) is 5. The molecule has 1 rings (SSSR count). The van der Waals surface area contributed by atoms with Gasteiger partial charge < -0.3 is 24.4 Å². The molecule has 2 atom stereocenters. The average Bonchev–Trinajstić information content (AvgIpc) is 2.39. The van der Waals surface area contributed by atoms with Gasteiger partial charge in [0.05, 0.1) is 25.4 Å². The van der Waals surface area contributed by atoms with Gasteiger partial charge in [0, 0.05) is 20.2 Å². The highest BCUT2D eigenvalue weighted by Crippen LogP contribution is 2.16. The predicted molar refractivity (Wildman–Crippen MR) is 81.0 cm³/mol. The van der Waals surface area contributed by atoms with Gasteiger partial charge in [0.25, 0.3) is 0 Å². The summed E-state index contributed by atoms with van der Waals surface area (Å²) in [6.07, 6.45) is 2.13. The lowest BCUT2D eigenvalue weighted by atomic mass is 9.96. The molecule has 5 heteroatoms. The van der Waals surface area contributed by atoms with E-state index in [9.17, 15) is 5.11 Å². The summed E-state index contributed by atoms with van der Waals surface area (Å²) in [4.78, 5) is 4.61. The molecule has 1 N–H and O–H groups in total. The number of aliphatic hydroxyl groups is 1. The van der Waals surface area contributed by atoms with E-state index in [-0.39, 0.29) is 6.10 Å². The summed E-state index contributed by atoms with van der Waals surface area (Å²) in [5.74, 6) is 0.761. The van der Waals surface area contributed by atoms with E-state index in [1.165, 1.54) is 25.9 Å². The molecule has 0 aromatic rings. The lowest BCUT2D eigenvalue weighted by Crippen LogP contribution is -2.39. The number of hydrogen-bond donors (Lipinski definition) is 1. The van der Waals surface area contributed by atoms with Crippen molar-refractivity contribution in [1.82, 2.24) is 9.80 Å². The minimum Gasteiger partial charge on any atom is -0.389 e. The number of likely N-dealkylation sites (N-methyl/N-ethyl adjacent to an activating group) is 1. The molecule has 0 saturated carbocycles. The van der Waals surface area contributed by atoms with Crippen LogP contribution in [0.1, 0.15) is 19.8 Å². The third-order valence-electron chi connectivity index (χ3n) is 3.90. The lowest BCUT2D eigenvalue weighted by molar-refractivity contribution is -0.0391. The summed E-state index contributed by atoms with van der Waals surface area (Å²) >= 11 is 0. The molecule has 1 aliphatic heterocycles. The van der Waals surface area contributed by atoms with Crippen molar-refractivity contribution < 1.29 is 14.6 Å². The van der Waals surface area contributed by atoms with Gasteiger partial charge in [0.15, 0.2) is 0 Å². The van der Waals surface area contributed by atoms with Crippen molar-refractivity contribution in [2.24, 2.45) is 5.92 Å². The van der Waals surface area contributed by atoms with Crippen molar-refractivity contribution in [2.45, 2.75) is 32.0 Å². The van der Waals surface area contributed by atoms with Crippen LogP contribution in [0.15, 0.2) is 0 Å². The van der Waals surface area contributed by atoms with Gasteiger partial charge in [-0.05, 0) is 52.9 Å². The van der Waals surface area contributed by atoms with Gasteiger partial charge in [-0.15, -0.1) is 0 Å². The summed E-state index contributed by atoms with van der Waals surface area (Å²) in [6, 6.07) is 0. The van der Waals surface area contributed by atoms with Crippen LogP contribution in [0, 0.1) is 5.92 Å². The summed E-state index contributed by atoms with van der Waals surface area (Å²) in [7, 11) is 5.92. The highest BCUT2D eigenvalue weighted by molar-refractivity contribution is 4.73. The standard InChI is InChI=1S/C15H32N2O3/c1-13(11-19-4)20-12-15(18)10-17(3)9-14-5-7-16(2)8-6-14/h13-15,18H,5-12H2,1-4H3. The van der Waals surface area contributed by atoms with Crippen molar-refractivity contribution in [2.75, 3.05) is 60.6 Å². The fourth-order valence-corrected chi connectivity index (χ4v) is 2.73. The largest absolute Gasteiger partial charge is 0.389 e. The summed E-state index contributed by atoms with van der Waals surface area (Å²) < 4.78 is 10.5. The second kappa shape index (κ2) is 9.68. The number of nitrogens with zero attached hydrogens (tertiary/aromatic N) is 2. The molecule has 0 aromatic heterocycles. The Hall–Kier alpha value is -0.200. The molecule has 0 bridgehead atoms. The van der Waals surface area contributed by atoms with Crippen LogP contribution in [0.5, 0.6) is 0 Å². The number of piperidine rings is 1.